The van der Waals surface area contributed by atoms with E-state index in [2.05, 4.69) is 65.6 Å². The minimum Gasteiger partial charge on any atom is -0.444 e. The molecular formula is C24H31N3O2. The Morgan fingerprint density at radius 1 is 0.966 bits per heavy atom. The number of piperazine rings is 1. The highest BCUT2D eigenvalue weighted by Gasteiger charge is 2.32. The highest BCUT2D eigenvalue weighted by molar-refractivity contribution is 5.68. The highest BCUT2D eigenvalue weighted by atomic mass is 16.6. The number of carbonyl (C=O) groups excluding carboxylic acids is 1. The monoisotopic (exact) mass is 393 g/mol. The van der Waals surface area contributed by atoms with E-state index < -0.39 is 0 Å². The Bertz CT molecular complexity index is 775. The molecule has 0 bridgehead atoms. The summed E-state index contributed by atoms with van der Waals surface area (Å²) in [7, 11) is 0. The van der Waals surface area contributed by atoms with Crippen molar-refractivity contribution in [3.8, 4) is 0 Å². The first-order valence-corrected chi connectivity index (χ1v) is 10.7. The maximum atomic E-state index is 12.6. The van der Waals surface area contributed by atoms with Gasteiger partial charge < -0.3 is 15.4 Å². The van der Waals surface area contributed by atoms with Crippen molar-refractivity contribution in [3.63, 3.8) is 0 Å². The van der Waals surface area contributed by atoms with E-state index in [4.69, 9.17) is 10.5 Å². The Labute approximate surface area is 173 Å². The van der Waals surface area contributed by atoms with Crippen molar-refractivity contribution in [1.82, 2.24) is 9.80 Å². The normalized spacial score (nSPS) is 23.7. The number of amides is 1. The van der Waals surface area contributed by atoms with Crippen LogP contribution in [0.1, 0.15) is 36.4 Å². The van der Waals surface area contributed by atoms with Crippen LogP contribution in [-0.2, 0) is 11.2 Å². The minimum atomic E-state index is -0.202. The van der Waals surface area contributed by atoms with Crippen LogP contribution in [0, 0.1) is 0 Å². The first-order valence-electron chi connectivity index (χ1n) is 10.7. The molecule has 2 aromatic rings. The van der Waals surface area contributed by atoms with Crippen molar-refractivity contribution in [3.05, 3.63) is 71.8 Å². The van der Waals surface area contributed by atoms with Gasteiger partial charge in [-0.05, 0) is 36.8 Å². The van der Waals surface area contributed by atoms with Gasteiger partial charge in [0.25, 0.3) is 0 Å². The molecule has 4 rings (SSSR count). The first kappa shape index (κ1) is 19.9. The summed E-state index contributed by atoms with van der Waals surface area (Å²) in [5.41, 5.74) is 8.71. The van der Waals surface area contributed by atoms with Crippen LogP contribution in [0.4, 0.5) is 4.79 Å². The molecule has 1 heterocycles. The molecule has 1 saturated carbocycles. The molecule has 3 atom stereocenters. The Kier molecular flexibility index (Phi) is 6.47. The van der Waals surface area contributed by atoms with E-state index in [1.807, 2.05) is 4.90 Å². The second kappa shape index (κ2) is 9.42. The van der Waals surface area contributed by atoms with Crippen LogP contribution in [-0.4, -0.2) is 54.2 Å². The number of carbonyl (C=O) groups is 1. The largest absolute Gasteiger partial charge is 0.444 e. The Morgan fingerprint density at radius 2 is 1.62 bits per heavy atom. The molecule has 2 aliphatic rings. The molecule has 5 nitrogen and oxygen atoms in total. The third kappa shape index (κ3) is 4.98. The smallest absolute Gasteiger partial charge is 0.410 e. The van der Waals surface area contributed by atoms with Crippen LogP contribution in [0.2, 0.25) is 0 Å². The SMILES string of the molecule is NC1CCCC1OC(=O)N1CCN([C@@H](Cc2ccccc2)c2ccccc2)CC1. The number of hydrogen-bond acceptors (Lipinski definition) is 4. The van der Waals surface area contributed by atoms with Gasteiger partial charge >= 0.3 is 6.09 Å². The predicted molar refractivity (Wildman–Crippen MR) is 115 cm³/mol. The van der Waals surface area contributed by atoms with Crippen LogP contribution in [0.5, 0.6) is 0 Å². The quantitative estimate of drug-likeness (QED) is 0.843. The molecule has 2 fully saturated rings. The summed E-state index contributed by atoms with van der Waals surface area (Å²) in [6, 6.07) is 21.6. The van der Waals surface area contributed by atoms with Crippen molar-refractivity contribution >= 4 is 6.09 Å². The number of benzene rings is 2. The lowest BCUT2D eigenvalue weighted by atomic mass is 9.97. The van der Waals surface area contributed by atoms with Crippen molar-refractivity contribution in [2.45, 2.75) is 43.9 Å². The Balaban J connectivity index is 1.39. The molecule has 5 heteroatoms. The van der Waals surface area contributed by atoms with Gasteiger partial charge in [-0.15, -0.1) is 0 Å². The Hall–Kier alpha value is -2.37. The van der Waals surface area contributed by atoms with Gasteiger partial charge in [0.15, 0.2) is 0 Å². The van der Waals surface area contributed by atoms with Crippen molar-refractivity contribution in [1.29, 1.82) is 0 Å². The van der Waals surface area contributed by atoms with E-state index in [1.54, 1.807) is 0 Å². The molecular weight excluding hydrogens is 362 g/mol. The molecule has 2 N–H and O–H groups in total. The van der Waals surface area contributed by atoms with Crippen molar-refractivity contribution in [2.75, 3.05) is 26.2 Å². The van der Waals surface area contributed by atoms with Crippen molar-refractivity contribution in [2.24, 2.45) is 5.73 Å². The third-order valence-electron chi connectivity index (χ3n) is 6.23. The lowest BCUT2D eigenvalue weighted by molar-refractivity contribution is 0.0361. The highest BCUT2D eigenvalue weighted by Crippen LogP contribution is 2.27. The van der Waals surface area contributed by atoms with Gasteiger partial charge in [0.05, 0.1) is 0 Å². The summed E-state index contributed by atoms with van der Waals surface area (Å²) in [5, 5.41) is 0. The zero-order chi connectivity index (χ0) is 20.1. The number of nitrogens with two attached hydrogens (primary N) is 1. The van der Waals surface area contributed by atoms with Gasteiger partial charge in [0.1, 0.15) is 6.10 Å². The molecule has 1 aliphatic heterocycles. The van der Waals surface area contributed by atoms with Crippen molar-refractivity contribution < 1.29 is 9.53 Å². The molecule has 0 radical (unpaired) electrons. The minimum absolute atomic E-state index is 0.00595. The van der Waals surface area contributed by atoms with Gasteiger partial charge in [-0.2, -0.15) is 0 Å². The summed E-state index contributed by atoms with van der Waals surface area (Å²) < 4.78 is 5.68. The van der Waals surface area contributed by atoms with E-state index in [1.165, 1.54) is 11.1 Å². The molecule has 1 saturated heterocycles. The number of nitrogens with zero attached hydrogens (tertiary/aromatic N) is 2. The van der Waals surface area contributed by atoms with Gasteiger partial charge in [-0.25, -0.2) is 4.79 Å². The summed E-state index contributed by atoms with van der Waals surface area (Å²) in [6.45, 7) is 3.08. The molecule has 29 heavy (non-hydrogen) atoms. The molecule has 1 amide bonds. The lowest BCUT2D eigenvalue weighted by Gasteiger charge is -2.39. The molecule has 154 valence electrons. The van der Waals surface area contributed by atoms with Crippen LogP contribution in [0.3, 0.4) is 0 Å². The number of ether oxygens (including phenoxy) is 1. The third-order valence-corrected chi connectivity index (χ3v) is 6.23. The van der Waals surface area contributed by atoms with Gasteiger partial charge in [0.2, 0.25) is 0 Å². The van der Waals surface area contributed by atoms with Crippen LogP contribution < -0.4 is 5.73 Å². The molecule has 0 aromatic heterocycles. The van der Waals surface area contributed by atoms with Gasteiger partial charge in [0, 0.05) is 38.3 Å². The van der Waals surface area contributed by atoms with E-state index in [0.717, 1.165) is 38.8 Å². The fourth-order valence-corrected chi connectivity index (χ4v) is 4.49. The summed E-state index contributed by atoms with van der Waals surface area (Å²) >= 11 is 0. The summed E-state index contributed by atoms with van der Waals surface area (Å²) in [4.78, 5) is 16.9. The zero-order valence-corrected chi connectivity index (χ0v) is 17.0. The average Bonchev–Trinajstić information content (AvgIpc) is 3.18. The topological polar surface area (TPSA) is 58.8 Å². The maximum Gasteiger partial charge on any atom is 0.410 e. The van der Waals surface area contributed by atoms with Gasteiger partial charge in [-0.3, -0.25) is 4.90 Å². The maximum absolute atomic E-state index is 12.6. The first-order chi connectivity index (χ1) is 14.2. The lowest BCUT2D eigenvalue weighted by Crippen LogP contribution is -2.51. The van der Waals surface area contributed by atoms with E-state index in [-0.39, 0.29) is 18.2 Å². The molecule has 2 unspecified atom stereocenters. The second-order valence-corrected chi connectivity index (χ2v) is 8.16. The number of rotatable bonds is 5. The van der Waals surface area contributed by atoms with E-state index in [0.29, 0.717) is 19.1 Å². The molecule has 1 aliphatic carbocycles. The summed E-state index contributed by atoms with van der Waals surface area (Å²) in [5.74, 6) is 0. The Morgan fingerprint density at radius 3 is 2.24 bits per heavy atom. The summed E-state index contributed by atoms with van der Waals surface area (Å²) in [6.07, 6.45) is 3.53. The van der Waals surface area contributed by atoms with E-state index in [9.17, 15) is 4.79 Å². The van der Waals surface area contributed by atoms with Crippen LogP contribution in [0.25, 0.3) is 0 Å². The molecule has 2 aromatic carbocycles. The van der Waals surface area contributed by atoms with Gasteiger partial charge in [-0.1, -0.05) is 60.7 Å². The van der Waals surface area contributed by atoms with E-state index >= 15 is 0 Å². The standard InChI is InChI=1S/C24H31N3O2/c25-21-12-7-13-23(21)29-24(28)27-16-14-26(15-17-27)22(20-10-5-2-6-11-20)18-19-8-3-1-4-9-19/h1-6,8-11,21-23H,7,12-18,25H2/t21?,22-,23?/m0/s1. The number of hydrogen-bond donors (Lipinski definition) is 1. The molecule has 0 spiro atoms. The van der Waals surface area contributed by atoms with Crippen LogP contribution >= 0.6 is 0 Å². The second-order valence-electron chi connectivity index (χ2n) is 8.16. The average molecular weight is 394 g/mol. The van der Waals surface area contributed by atoms with Crippen LogP contribution in [0.15, 0.2) is 60.7 Å². The predicted octanol–water partition coefficient (Wildman–Crippen LogP) is 3.60. The fourth-order valence-electron chi connectivity index (χ4n) is 4.49. The zero-order valence-electron chi connectivity index (χ0n) is 17.0. The fraction of sp³-hybridized carbons (Fsp3) is 0.458.